The van der Waals surface area contributed by atoms with Crippen molar-refractivity contribution in [3.05, 3.63) is 65.7 Å². The van der Waals surface area contributed by atoms with Gasteiger partial charge < -0.3 is 10.1 Å². The lowest BCUT2D eigenvalue weighted by atomic mass is 9.97. The van der Waals surface area contributed by atoms with Crippen LogP contribution in [0.5, 0.6) is 5.75 Å². The molecule has 1 N–H and O–H groups in total. The van der Waals surface area contributed by atoms with E-state index in [1.54, 1.807) is 7.11 Å². The first-order chi connectivity index (χ1) is 10.8. The normalized spacial score (nSPS) is 11.9. The third-order valence-corrected chi connectivity index (χ3v) is 3.65. The topological polar surface area (TPSA) is 38.3 Å². The third-order valence-electron chi connectivity index (χ3n) is 3.65. The second kappa shape index (κ2) is 8.35. The predicted molar refractivity (Wildman–Crippen MR) is 89.4 cm³/mol. The van der Waals surface area contributed by atoms with E-state index in [9.17, 15) is 4.79 Å². The monoisotopic (exact) mass is 297 g/mol. The van der Waals surface area contributed by atoms with Gasteiger partial charge in [0.05, 0.1) is 13.2 Å². The summed E-state index contributed by atoms with van der Waals surface area (Å²) in [7, 11) is 1.64. The van der Waals surface area contributed by atoms with Crippen LogP contribution in [0.2, 0.25) is 0 Å². The van der Waals surface area contributed by atoms with Gasteiger partial charge in [0, 0.05) is 5.56 Å². The van der Waals surface area contributed by atoms with Gasteiger partial charge in [-0.15, -0.1) is 0 Å². The number of ether oxygens (including phenoxy) is 1. The lowest BCUT2D eigenvalue weighted by molar-refractivity contribution is 0.0942. The number of Topliss-reactive ketones (excluding diaryl/α,β-unsaturated/α-hetero) is 1. The van der Waals surface area contributed by atoms with E-state index in [-0.39, 0.29) is 11.8 Å². The molecule has 0 aliphatic rings. The summed E-state index contributed by atoms with van der Waals surface area (Å²) in [6.45, 7) is 2.97. The molecule has 0 heterocycles. The maximum atomic E-state index is 12.8. The van der Waals surface area contributed by atoms with Gasteiger partial charge in [0.15, 0.2) is 5.78 Å². The fraction of sp³-hybridized carbons (Fsp3) is 0.316. The molecule has 2 aromatic rings. The first-order valence-corrected chi connectivity index (χ1v) is 7.73. The van der Waals surface area contributed by atoms with Gasteiger partial charge in [-0.1, -0.05) is 55.8 Å². The zero-order valence-electron chi connectivity index (χ0n) is 13.2. The van der Waals surface area contributed by atoms with Crippen LogP contribution in [0.4, 0.5) is 0 Å². The van der Waals surface area contributed by atoms with Gasteiger partial charge in [-0.05, 0) is 30.7 Å². The highest BCUT2D eigenvalue weighted by molar-refractivity contribution is 6.00. The maximum Gasteiger partial charge on any atom is 0.184 e. The minimum absolute atomic E-state index is 0.0990. The molecule has 3 nitrogen and oxygen atoms in total. The van der Waals surface area contributed by atoms with Crippen molar-refractivity contribution in [3.8, 4) is 5.75 Å². The van der Waals surface area contributed by atoms with E-state index >= 15 is 0 Å². The van der Waals surface area contributed by atoms with Crippen LogP contribution in [0, 0.1) is 0 Å². The van der Waals surface area contributed by atoms with Crippen LogP contribution in [0.1, 0.15) is 41.7 Å². The molecular formula is C19H23NO2. The summed E-state index contributed by atoms with van der Waals surface area (Å²) in [5.41, 5.74) is 1.69. The molecule has 22 heavy (non-hydrogen) atoms. The molecular weight excluding hydrogens is 274 g/mol. The van der Waals surface area contributed by atoms with Crippen molar-refractivity contribution in [2.24, 2.45) is 0 Å². The molecule has 0 fully saturated rings. The van der Waals surface area contributed by atoms with Crippen LogP contribution in [0.25, 0.3) is 0 Å². The number of hydrogen-bond donors (Lipinski definition) is 1. The van der Waals surface area contributed by atoms with Gasteiger partial charge in [0.2, 0.25) is 0 Å². The van der Waals surface area contributed by atoms with Crippen molar-refractivity contribution in [2.75, 3.05) is 13.7 Å². The Balaban J connectivity index is 2.23. The molecule has 0 saturated heterocycles. The molecule has 3 heteroatoms. The third kappa shape index (κ3) is 4.18. The highest BCUT2D eigenvalue weighted by Crippen LogP contribution is 2.21. The van der Waals surface area contributed by atoms with Crippen LogP contribution >= 0.6 is 0 Å². The number of unbranched alkanes of at least 4 members (excludes halogenated alkanes) is 1. The van der Waals surface area contributed by atoms with E-state index in [2.05, 4.69) is 12.2 Å². The summed E-state index contributed by atoms with van der Waals surface area (Å²) >= 11 is 0. The number of benzene rings is 2. The largest absolute Gasteiger partial charge is 0.497 e. The molecule has 0 bridgehead atoms. The zero-order valence-corrected chi connectivity index (χ0v) is 13.2. The van der Waals surface area contributed by atoms with Crippen molar-refractivity contribution in [1.82, 2.24) is 5.32 Å². The summed E-state index contributed by atoms with van der Waals surface area (Å²) in [5, 5.41) is 3.38. The Morgan fingerprint density at radius 1 is 1.09 bits per heavy atom. The number of methoxy groups -OCH3 is 1. The SMILES string of the molecule is CCCCN[C@@H](C(=O)c1ccccc1)c1ccc(OC)cc1. The maximum absolute atomic E-state index is 12.8. The lowest BCUT2D eigenvalue weighted by Crippen LogP contribution is -2.29. The Bertz CT molecular complexity index is 578. The van der Waals surface area contributed by atoms with Gasteiger partial charge in [0.25, 0.3) is 0 Å². The van der Waals surface area contributed by atoms with Crippen molar-refractivity contribution in [1.29, 1.82) is 0 Å². The fourth-order valence-corrected chi connectivity index (χ4v) is 2.35. The van der Waals surface area contributed by atoms with E-state index in [0.717, 1.165) is 36.3 Å². The van der Waals surface area contributed by atoms with Gasteiger partial charge in [0.1, 0.15) is 5.75 Å². The average molecular weight is 297 g/mol. The van der Waals surface area contributed by atoms with Crippen molar-refractivity contribution in [3.63, 3.8) is 0 Å². The smallest absolute Gasteiger partial charge is 0.184 e. The molecule has 0 aliphatic heterocycles. The molecule has 0 amide bonds. The van der Waals surface area contributed by atoms with Gasteiger partial charge in [-0.25, -0.2) is 0 Å². The lowest BCUT2D eigenvalue weighted by Gasteiger charge is -2.18. The number of rotatable bonds is 8. The van der Waals surface area contributed by atoms with Crippen LogP contribution in [-0.2, 0) is 0 Å². The summed E-state index contributed by atoms with van der Waals surface area (Å²) < 4.78 is 5.19. The standard InChI is InChI=1S/C19H23NO2/c1-3-4-14-20-18(15-10-12-17(22-2)13-11-15)19(21)16-8-6-5-7-9-16/h5-13,18,20H,3-4,14H2,1-2H3/t18-/m1/s1. The second-order valence-corrected chi connectivity index (χ2v) is 5.24. The number of carbonyl (C=O) groups excluding carboxylic acids is 1. The molecule has 0 aliphatic carbocycles. The van der Waals surface area contributed by atoms with Crippen LogP contribution < -0.4 is 10.1 Å². The highest BCUT2D eigenvalue weighted by Gasteiger charge is 2.21. The second-order valence-electron chi connectivity index (χ2n) is 5.24. The van der Waals surface area contributed by atoms with Crippen molar-refractivity contribution >= 4 is 5.78 Å². The first-order valence-electron chi connectivity index (χ1n) is 7.73. The molecule has 0 aromatic heterocycles. The van der Waals surface area contributed by atoms with Crippen LogP contribution in [0.15, 0.2) is 54.6 Å². The van der Waals surface area contributed by atoms with E-state index < -0.39 is 0 Å². The van der Waals surface area contributed by atoms with E-state index in [4.69, 9.17) is 4.74 Å². The molecule has 2 rings (SSSR count). The molecule has 0 spiro atoms. The number of carbonyl (C=O) groups is 1. The van der Waals surface area contributed by atoms with Crippen molar-refractivity contribution < 1.29 is 9.53 Å². The molecule has 116 valence electrons. The predicted octanol–water partition coefficient (Wildman–Crippen LogP) is 4.01. The molecule has 0 unspecified atom stereocenters. The Morgan fingerprint density at radius 3 is 2.36 bits per heavy atom. The Hall–Kier alpha value is -2.13. The zero-order chi connectivity index (χ0) is 15.8. The first kappa shape index (κ1) is 16.2. The van der Waals surface area contributed by atoms with Crippen molar-refractivity contribution in [2.45, 2.75) is 25.8 Å². The van der Waals surface area contributed by atoms with E-state index in [1.165, 1.54) is 0 Å². The Morgan fingerprint density at radius 2 is 1.77 bits per heavy atom. The minimum atomic E-state index is -0.320. The molecule has 2 aromatic carbocycles. The Kier molecular flexibility index (Phi) is 6.16. The summed E-state index contributed by atoms with van der Waals surface area (Å²) in [6.07, 6.45) is 2.15. The average Bonchev–Trinajstić information content (AvgIpc) is 2.59. The van der Waals surface area contributed by atoms with E-state index in [1.807, 2.05) is 54.6 Å². The van der Waals surface area contributed by atoms with Crippen LogP contribution in [-0.4, -0.2) is 19.4 Å². The number of ketones is 1. The summed E-state index contributed by atoms with van der Waals surface area (Å²) in [5.74, 6) is 0.894. The minimum Gasteiger partial charge on any atom is -0.497 e. The number of hydrogen-bond acceptors (Lipinski definition) is 3. The number of nitrogens with one attached hydrogen (secondary N) is 1. The molecule has 0 radical (unpaired) electrons. The van der Waals surface area contributed by atoms with Crippen LogP contribution in [0.3, 0.4) is 0 Å². The van der Waals surface area contributed by atoms with Gasteiger partial charge >= 0.3 is 0 Å². The van der Waals surface area contributed by atoms with Gasteiger partial charge in [-0.3, -0.25) is 4.79 Å². The quantitative estimate of drug-likeness (QED) is 0.591. The molecule has 0 saturated carbocycles. The van der Waals surface area contributed by atoms with E-state index in [0.29, 0.717) is 0 Å². The highest BCUT2D eigenvalue weighted by atomic mass is 16.5. The Labute approximate surface area is 132 Å². The summed E-state index contributed by atoms with van der Waals surface area (Å²) in [4.78, 5) is 12.8. The fourth-order valence-electron chi connectivity index (χ4n) is 2.35. The summed E-state index contributed by atoms with van der Waals surface area (Å²) in [6, 6.07) is 16.8. The molecule has 1 atom stereocenters. The van der Waals surface area contributed by atoms with Gasteiger partial charge in [-0.2, -0.15) is 0 Å².